The van der Waals surface area contributed by atoms with Crippen LogP contribution in [-0.2, 0) is 10.0 Å². The lowest BCUT2D eigenvalue weighted by atomic mass is 10.1. The fourth-order valence-corrected chi connectivity index (χ4v) is 4.50. The molecule has 1 aliphatic rings. The van der Waals surface area contributed by atoms with Crippen LogP contribution in [0.3, 0.4) is 0 Å². The van der Waals surface area contributed by atoms with Gasteiger partial charge in [0.1, 0.15) is 5.82 Å². The molecule has 1 heterocycles. The molecule has 114 valence electrons. The smallest absolute Gasteiger partial charge is 0.243 e. The lowest BCUT2D eigenvalue weighted by molar-refractivity contribution is 0.206. The molecule has 0 saturated carbocycles. The molecule has 0 amide bonds. The van der Waals surface area contributed by atoms with Crippen molar-refractivity contribution in [3.8, 4) is 6.07 Å². The first kappa shape index (κ1) is 15.9. The summed E-state index contributed by atoms with van der Waals surface area (Å²) in [6.45, 7) is 5.28. The van der Waals surface area contributed by atoms with Crippen molar-refractivity contribution in [1.29, 1.82) is 5.26 Å². The van der Waals surface area contributed by atoms with Crippen molar-refractivity contribution in [2.45, 2.75) is 18.7 Å². The Morgan fingerprint density at radius 2 is 1.71 bits per heavy atom. The van der Waals surface area contributed by atoms with E-state index >= 15 is 0 Å². The maximum absolute atomic E-state index is 13.3. The SMILES string of the molecule is Cc1cc(F)cc(C)c1S(=O)(=O)N1CCN(CC#N)CC1. The predicted octanol–water partition coefficient (Wildman–Crippen LogP) is 1.27. The van der Waals surface area contributed by atoms with Gasteiger partial charge in [-0.1, -0.05) is 0 Å². The van der Waals surface area contributed by atoms with Crippen molar-refractivity contribution in [2.24, 2.45) is 0 Å². The molecule has 21 heavy (non-hydrogen) atoms. The summed E-state index contributed by atoms with van der Waals surface area (Å²) in [5, 5.41) is 8.66. The van der Waals surface area contributed by atoms with Crippen molar-refractivity contribution < 1.29 is 12.8 Å². The van der Waals surface area contributed by atoms with Gasteiger partial charge >= 0.3 is 0 Å². The minimum absolute atomic E-state index is 0.192. The topological polar surface area (TPSA) is 64.4 Å². The van der Waals surface area contributed by atoms with Gasteiger partial charge in [0.05, 0.1) is 17.5 Å². The summed E-state index contributed by atoms with van der Waals surface area (Å²) in [5.41, 5.74) is 0.846. The lowest BCUT2D eigenvalue weighted by Crippen LogP contribution is -2.48. The molecule has 1 saturated heterocycles. The Kier molecular flexibility index (Phi) is 4.61. The van der Waals surface area contributed by atoms with Crippen molar-refractivity contribution in [2.75, 3.05) is 32.7 Å². The van der Waals surface area contributed by atoms with Crippen LogP contribution < -0.4 is 0 Å². The van der Waals surface area contributed by atoms with Gasteiger partial charge in [0.2, 0.25) is 10.0 Å². The Balaban J connectivity index is 2.27. The normalized spacial score (nSPS) is 17.6. The molecule has 0 atom stereocenters. The van der Waals surface area contributed by atoms with Crippen molar-refractivity contribution in [3.63, 3.8) is 0 Å². The second-order valence-corrected chi connectivity index (χ2v) is 7.08. The number of sulfonamides is 1. The third-order valence-corrected chi connectivity index (χ3v) is 5.85. The summed E-state index contributed by atoms with van der Waals surface area (Å²) >= 11 is 0. The zero-order valence-electron chi connectivity index (χ0n) is 12.1. The van der Waals surface area contributed by atoms with E-state index in [-0.39, 0.29) is 4.90 Å². The summed E-state index contributed by atoms with van der Waals surface area (Å²) in [5.74, 6) is -0.428. The van der Waals surface area contributed by atoms with Crippen LogP contribution in [0, 0.1) is 31.0 Å². The number of rotatable bonds is 3. The number of nitriles is 1. The summed E-state index contributed by atoms with van der Waals surface area (Å²) in [7, 11) is -3.62. The Morgan fingerprint density at radius 3 is 2.19 bits per heavy atom. The molecule has 7 heteroatoms. The third-order valence-electron chi connectivity index (χ3n) is 3.65. The first-order valence-electron chi connectivity index (χ1n) is 6.72. The Morgan fingerprint density at radius 1 is 1.19 bits per heavy atom. The molecule has 5 nitrogen and oxygen atoms in total. The average Bonchev–Trinajstić information content (AvgIpc) is 2.38. The second kappa shape index (κ2) is 6.10. The van der Waals surface area contributed by atoms with Crippen molar-refractivity contribution in [1.82, 2.24) is 9.21 Å². The van der Waals surface area contributed by atoms with Crippen LogP contribution in [0.4, 0.5) is 4.39 Å². The largest absolute Gasteiger partial charge is 0.288 e. The zero-order valence-corrected chi connectivity index (χ0v) is 13.0. The molecule has 1 fully saturated rings. The highest BCUT2D eigenvalue weighted by molar-refractivity contribution is 7.89. The number of hydrogen-bond donors (Lipinski definition) is 0. The van der Waals surface area contributed by atoms with Gasteiger partial charge in [-0.25, -0.2) is 12.8 Å². The quantitative estimate of drug-likeness (QED) is 0.789. The molecule has 0 N–H and O–H groups in total. The Bertz CT molecular complexity index is 651. The van der Waals surface area contributed by atoms with Crippen LogP contribution in [0.5, 0.6) is 0 Å². The van der Waals surface area contributed by atoms with E-state index in [4.69, 9.17) is 5.26 Å². The molecule has 0 spiro atoms. The molecule has 0 bridgehead atoms. The molecule has 2 rings (SSSR count). The van der Waals surface area contributed by atoms with Gasteiger partial charge in [-0.05, 0) is 37.1 Å². The van der Waals surface area contributed by atoms with E-state index in [1.807, 2.05) is 4.90 Å². The molecule has 1 aliphatic heterocycles. The van der Waals surface area contributed by atoms with Gasteiger partial charge in [-0.3, -0.25) is 4.90 Å². The summed E-state index contributed by atoms with van der Waals surface area (Å²) < 4.78 is 40.2. The predicted molar refractivity (Wildman–Crippen MR) is 76.7 cm³/mol. The Hall–Kier alpha value is -1.49. The van der Waals surface area contributed by atoms with E-state index in [1.54, 1.807) is 13.8 Å². The highest BCUT2D eigenvalue weighted by Gasteiger charge is 2.30. The zero-order chi connectivity index (χ0) is 15.6. The summed E-state index contributed by atoms with van der Waals surface area (Å²) in [6, 6.07) is 4.55. The van der Waals surface area contributed by atoms with Crippen LogP contribution in [-0.4, -0.2) is 50.3 Å². The maximum atomic E-state index is 13.3. The van der Waals surface area contributed by atoms with E-state index < -0.39 is 15.8 Å². The Labute approximate surface area is 124 Å². The number of piperazine rings is 1. The first-order chi connectivity index (χ1) is 9.86. The molecule has 1 aromatic rings. The maximum Gasteiger partial charge on any atom is 0.243 e. The standard InChI is InChI=1S/C14H18FN3O2S/c1-11-9-13(15)10-12(2)14(11)21(19,20)18-7-5-17(4-3-16)6-8-18/h9-10H,4-8H2,1-2H3. The second-order valence-electron chi connectivity index (χ2n) is 5.21. The number of nitrogens with zero attached hydrogens (tertiary/aromatic N) is 3. The van der Waals surface area contributed by atoms with E-state index in [2.05, 4.69) is 6.07 Å². The first-order valence-corrected chi connectivity index (χ1v) is 8.16. The fraction of sp³-hybridized carbons (Fsp3) is 0.500. The van der Waals surface area contributed by atoms with Gasteiger partial charge in [0.15, 0.2) is 0 Å². The van der Waals surface area contributed by atoms with Gasteiger partial charge in [0, 0.05) is 26.2 Å². The highest BCUT2D eigenvalue weighted by atomic mass is 32.2. The molecule has 0 unspecified atom stereocenters. The average molecular weight is 311 g/mol. The van der Waals surface area contributed by atoms with E-state index in [0.29, 0.717) is 43.9 Å². The minimum Gasteiger partial charge on any atom is -0.288 e. The highest BCUT2D eigenvalue weighted by Crippen LogP contribution is 2.25. The molecular weight excluding hydrogens is 293 g/mol. The summed E-state index contributed by atoms with van der Waals surface area (Å²) in [4.78, 5) is 2.11. The van der Waals surface area contributed by atoms with Crippen LogP contribution in [0.25, 0.3) is 0 Å². The van der Waals surface area contributed by atoms with Crippen LogP contribution in [0.15, 0.2) is 17.0 Å². The van der Waals surface area contributed by atoms with Crippen LogP contribution in [0.1, 0.15) is 11.1 Å². The molecule has 0 radical (unpaired) electrons. The monoisotopic (exact) mass is 311 g/mol. The fourth-order valence-electron chi connectivity index (χ4n) is 2.66. The number of halogens is 1. The lowest BCUT2D eigenvalue weighted by Gasteiger charge is -2.33. The number of aryl methyl sites for hydroxylation is 2. The van der Waals surface area contributed by atoms with Crippen LogP contribution >= 0.6 is 0 Å². The molecular formula is C14H18FN3O2S. The number of benzene rings is 1. The van der Waals surface area contributed by atoms with Gasteiger partial charge in [0.25, 0.3) is 0 Å². The molecule has 0 aromatic heterocycles. The van der Waals surface area contributed by atoms with Crippen LogP contribution in [0.2, 0.25) is 0 Å². The van der Waals surface area contributed by atoms with E-state index in [0.717, 1.165) is 0 Å². The van der Waals surface area contributed by atoms with Crippen molar-refractivity contribution in [3.05, 3.63) is 29.1 Å². The summed E-state index contributed by atoms with van der Waals surface area (Å²) in [6.07, 6.45) is 0. The van der Waals surface area contributed by atoms with Gasteiger partial charge < -0.3 is 0 Å². The van der Waals surface area contributed by atoms with E-state index in [1.165, 1.54) is 16.4 Å². The van der Waals surface area contributed by atoms with Gasteiger partial charge in [-0.2, -0.15) is 9.57 Å². The molecule has 0 aliphatic carbocycles. The number of hydrogen-bond acceptors (Lipinski definition) is 4. The minimum atomic E-state index is -3.62. The van der Waals surface area contributed by atoms with Crippen molar-refractivity contribution >= 4 is 10.0 Å². The van der Waals surface area contributed by atoms with E-state index in [9.17, 15) is 12.8 Å². The van der Waals surface area contributed by atoms with Gasteiger partial charge in [-0.15, -0.1) is 0 Å². The molecule has 1 aromatic carbocycles. The third kappa shape index (κ3) is 3.23.